The van der Waals surface area contributed by atoms with Crippen LogP contribution in [-0.4, -0.2) is 18.2 Å². The molecule has 0 heterocycles. The quantitative estimate of drug-likeness (QED) is 0.645. The summed E-state index contributed by atoms with van der Waals surface area (Å²) in [5.74, 6) is 0.350. The fraction of sp³-hybridized carbons (Fsp3) is 0.778. The van der Waals surface area contributed by atoms with Gasteiger partial charge < -0.3 is 11.5 Å². The molecule has 0 aromatic carbocycles. The molecule has 0 saturated heterocycles. The van der Waals surface area contributed by atoms with E-state index in [1.54, 1.807) is 6.92 Å². The molecule has 0 unspecified atom stereocenters. The molecule has 4 heteroatoms. The highest BCUT2D eigenvalue weighted by atomic mass is 16.1. The van der Waals surface area contributed by atoms with Gasteiger partial charge in [-0.1, -0.05) is 12.8 Å². The smallest absolute Gasteiger partial charge is 0.231 e. The van der Waals surface area contributed by atoms with E-state index in [1.165, 1.54) is 12.8 Å². The van der Waals surface area contributed by atoms with Crippen LogP contribution in [0.3, 0.4) is 0 Å². The summed E-state index contributed by atoms with van der Waals surface area (Å²) in [4.78, 5) is 20.1. The van der Waals surface area contributed by atoms with Gasteiger partial charge in [0.25, 0.3) is 0 Å². The van der Waals surface area contributed by atoms with Crippen molar-refractivity contribution >= 4 is 11.7 Å². The molecule has 0 aromatic rings. The van der Waals surface area contributed by atoms with Crippen LogP contribution in [0.15, 0.2) is 0 Å². The summed E-state index contributed by atoms with van der Waals surface area (Å²) in [6, 6.07) is 0. The minimum Gasteiger partial charge on any atom is -0.369 e. The summed E-state index contributed by atoms with van der Waals surface area (Å²) in [7, 11) is 0. The lowest BCUT2D eigenvalue weighted by Crippen LogP contribution is -2.21. The highest BCUT2D eigenvalue weighted by Gasteiger charge is 2.18. The number of amides is 1. The van der Waals surface area contributed by atoms with Crippen LogP contribution < -0.4 is 11.5 Å². The monoisotopic (exact) mass is 186 g/mol. The van der Waals surface area contributed by atoms with Crippen molar-refractivity contribution in [1.82, 2.24) is 0 Å². The average Bonchev–Trinajstić information content (AvgIpc) is 2.57. The van der Waals surface area contributed by atoms with Crippen LogP contribution in [0.2, 0.25) is 0 Å². The van der Waals surface area contributed by atoms with Crippen molar-refractivity contribution in [3.8, 4) is 0 Å². The minimum absolute atomic E-state index is 0.0556. The highest BCUT2D eigenvalue weighted by molar-refractivity contribution is 5.78. The van der Waals surface area contributed by atoms with E-state index in [0.717, 1.165) is 12.8 Å². The maximum absolute atomic E-state index is 10.6. The SMILES string of the molecule is CC(=O)C1CCCC1.NCC(N)=O. The number of nitrogens with two attached hydrogens (primary N) is 2. The number of hydrogen-bond acceptors (Lipinski definition) is 3. The third-order valence-corrected chi connectivity index (χ3v) is 2.13. The second-order valence-electron chi connectivity index (χ2n) is 3.26. The van der Waals surface area contributed by atoms with E-state index in [0.29, 0.717) is 11.7 Å². The molecule has 0 aromatic heterocycles. The Morgan fingerprint density at radius 2 is 1.69 bits per heavy atom. The van der Waals surface area contributed by atoms with Crippen molar-refractivity contribution < 1.29 is 9.59 Å². The molecule has 1 aliphatic rings. The normalized spacial score (nSPS) is 16.2. The first kappa shape index (κ1) is 12.1. The number of primary amides is 1. The van der Waals surface area contributed by atoms with Crippen LogP contribution in [0.25, 0.3) is 0 Å². The Bertz CT molecular complexity index is 174. The molecular formula is C9H18N2O2. The van der Waals surface area contributed by atoms with E-state index in [9.17, 15) is 9.59 Å². The molecule has 0 atom stereocenters. The molecule has 1 aliphatic carbocycles. The molecule has 0 spiro atoms. The van der Waals surface area contributed by atoms with Gasteiger partial charge in [-0.3, -0.25) is 9.59 Å². The molecule has 4 N–H and O–H groups in total. The highest BCUT2D eigenvalue weighted by Crippen LogP contribution is 2.24. The van der Waals surface area contributed by atoms with Gasteiger partial charge in [0.1, 0.15) is 5.78 Å². The van der Waals surface area contributed by atoms with Crippen LogP contribution in [-0.2, 0) is 9.59 Å². The Morgan fingerprint density at radius 3 is 1.85 bits per heavy atom. The Kier molecular flexibility index (Phi) is 6.14. The zero-order chi connectivity index (χ0) is 10.3. The molecule has 1 rings (SSSR count). The molecular weight excluding hydrogens is 168 g/mol. The number of carbonyl (C=O) groups excluding carboxylic acids is 2. The van der Waals surface area contributed by atoms with Gasteiger partial charge in [-0.25, -0.2) is 0 Å². The predicted molar refractivity (Wildman–Crippen MR) is 50.9 cm³/mol. The Morgan fingerprint density at radius 1 is 1.31 bits per heavy atom. The summed E-state index contributed by atoms with van der Waals surface area (Å²) in [6.07, 6.45) is 4.83. The van der Waals surface area contributed by atoms with Gasteiger partial charge in [-0.05, 0) is 19.8 Å². The third kappa shape index (κ3) is 6.28. The third-order valence-electron chi connectivity index (χ3n) is 2.13. The van der Waals surface area contributed by atoms with Gasteiger partial charge in [-0.2, -0.15) is 0 Å². The topological polar surface area (TPSA) is 86.2 Å². The van der Waals surface area contributed by atoms with Gasteiger partial charge in [0.05, 0.1) is 6.54 Å². The molecule has 4 nitrogen and oxygen atoms in total. The van der Waals surface area contributed by atoms with Gasteiger partial charge in [-0.15, -0.1) is 0 Å². The molecule has 0 bridgehead atoms. The summed E-state index contributed by atoms with van der Waals surface area (Å²) >= 11 is 0. The molecule has 1 amide bonds. The van der Waals surface area contributed by atoms with Crippen molar-refractivity contribution in [2.24, 2.45) is 17.4 Å². The lowest BCUT2D eigenvalue weighted by molar-refractivity contribution is -0.120. The lowest BCUT2D eigenvalue weighted by atomic mass is 10.0. The van der Waals surface area contributed by atoms with Crippen LogP contribution in [0, 0.1) is 5.92 Å². The van der Waals surface area contributed by atoms with E-state index in [-0.39, 0.29) is 6.54 Å². The van der Waals surface area contributed by atoms with Crippen LogP contribution in [0.5, 0.6) is 0 Å². The molecule has 13 heavy (non-hydrogen) atoms. The molecule has 76 valence electrons. The standard InChI is InChI=1S/C7H12O.C2H6N2O/c1-6(8)7-4-2-3-5-7;3-1-2(4)5/h7H,2-5H2,1H3;1,3H2,(H2,4,5). The molecule has 1 fully saturated rings. The summed E-state index contributed by atoms with van der Waals surface area (Å²) < 4.78 is 0. The lowest BCUT2D eigenvalue weighted by Gasteiger charge is -1.99. The zero-order valence-corrected chi connectivity index (χ0v) is 8.08. The predicted octanol–water partition coefficient (Wildman–Crippen LogP) is 0.196. The number of rotatable bonds is 2. The minimum atomic E-state index is -0.468. The van der Waals surface area contributed by atoms with E-state index in [1.807, 2.05) is 0 Å². The number of hydrogen-bond donors (Lipinski definition) is 2. The first-order valence-electron chi connectivity index (χ1n) is 4.56. The van der Waals surface area contributed by atoms with Crippen LogP contribution in [0.1, 0.15) is 32.6 Å². The number of Topliss-reactive ketones (excluding diaryl/α,β-unsaturated/α-hetero) is 1. The van der Waals surface area contributed by atoms with Gasteiger partial charge >= 0.3 is 0 Å². The van der Waals surface area contributed by atoms with Gasteiger partial charge in [0.2, 0.25) is 5.91 Å². The average molecular weight is 186 g/mol. The number of ketones is 1. The van der Waals surface area contributed by atoms with E-state index >= 15 is 0 Å². The fourth-order valence-electron chi connectivity index (χ4n) is 1.33. The van der Waals surface area contributed by atoms with E-state index in [2.05, 4.69) is 5.73 Å². The van der Waals surface area contributed by atoms with E-state index in [4.69, 9.17) is 5.73 Å². The van der Waals surface area contributed by atoms with Crippen LogP contribution in [0.4, 0.5) is 0 Å². The Balaban J connectivity index is 0.000000252. The van der Waals surface area contributed by atoms with Gasteiger partial charge in [0.15, 0.2) is 0 Å². The summed E-state index contributed by atoms with van der Waals surface area (Å²) in [5.41, 5.74) is 9.22. The second kappa shape index (κ2) is 6.60. The second-order valence-corrected chi connectivity index (χ2v) is 3.26. The first-order valence-corrected chi connectivity index (χ1v) is 4.56. The van der Waals surface area contributed by atoms with Crippen molar-refractivity contribution in [1.29, 1.82) is 0 Å². The van der Waals surface area contributed by atoms with E-state index < -0.39 is 5.91 Å². The molecule has 0 radical (unpaired) electrons. The zero-order valence-electron chi connectivity index (χ0n) is 8.08. The maximum Gasteiger partial charge on any atom is 0.231 e. The summed E-state index contributed by atoms with van der Waals surface area (Å²) in [5, 5.41) is 0. The Hall–Kier alpha value is -0.900. The van der Waals surface area contributed by atoms with Crippen LogP contribution >= 0.6 is 0 Å². The Labute approximate surface area is 78.7 Å². The molecule has 0 aliphatic heterocycles. The first-order chi connectivity index (χ1) is 6.07. The van der Waals surface area contributed by atoms with Crippen molar-refractivity contribution in [2.45, 2.75) is 32.6 Å². The largest absolute Gasteiger partial charge is 0.369 e. The van der Waals surface area contributed by atoms with Gasteiger partial charge in [0, 0.05) is 5.92 Å². The van der Waals surface area contributed by atoms with Crippen molar-refractivity contribution in [3.63, 3.8) is 0 Å². The summed E-state index contributed by atoms with van der Waals surface area (Å²) in [6.45, 7) is 1.65. The number of carbonyl (C=O) groups is 2. The maximum atomic E-state index is 10.6. The fourth-order valence-corrected chi connectivity index (χ4v) is 1.33. The van der Waals surface area contributed by atoms with Crippen molar-refractivity contribution in [3.05, 3.63) is 0 Å². The van der Waals surface area contributed by atoms with Crippen molar-refractivity contribution in [2.75, 3.05) is 6.54 Å². The molecule has 1 saturated carbocycles.